The number of nitrogens with one attached hydrogen (secondary N) is 1. The average Bonchev–Trinajstić information content (AvgIpc) is 2.80. The minimum absolute atomic E-state index is 0.236. The zero-order chi connectivity index (χ0) is 12.8. The number of benzene rings is 1. The summed E-state index contributed by atoms with van der Waals surface area (Å²) in [6, 6.07) is 8.20. The number of alkyl halides is 1. The summed E-state index contributed by atoms with van der Waals surface area (Å²) >= 11 is 0. The van der Waals surface area contributed by atoms with E-state index >= 15 is 0 Å². The highest BCUT2D eigenvalue weighted by Crippen LogP contribution is 2.03. The Morgan fingerprint density at radius 2 is 1.89 bits per heavy atom. The van der Waals surface area contributed by atoms with Crippen LogP contribution in [0, 0.1) is 5.82 Å². The van der Waals surface area contributed by atoms with Crippen LogP contribution in [0.5, 0.6) is 0 Å². The van der Waals surface area contributed by atoms with Crippen molar-refractivity contribution in [3.63, 3.8) is 0 Å². The molecule has 0 fully saturated rings. The number of aromatic nitrogens is 2. The molecule has 1 N–H and O–H groups in total. The molecular formula is C13H15F2N3. The smallest absolute Gasteiger partial charge is 0.123 e. The van der Waals surface area contributed by atoms with Gasteiger partial charge in [0.15, 0.2) is 0 Å². The van der Waals surface area contributed by atoms with Crippen molar-refractivity contribution >= 4 is 0 Å². The first-order valence-corrected chi connectivity index (χ1v) is 5.81. The van der Waals surface area contributed by atoms with E-state index in [-0.39, 0.29) is 12.4 Å². The molecule has 0 unspecified atom stereocenters. The van der Waals surface area contributed by atoms with Gasteiger partial charge in [0.1, 0.15) is 12.5 Å². The van der Waals surface area contributed by atoms with Crippen molar-refractivity contribution in [2.24, 2.45) is 0 Å². The summed E-state index contributed by atoms with van der Waals surface area (Å²) < 4.78 is 26.6. The second-order valence-corrected chi connectivity index (χ2v) is 3.96. The van der Waals surface area contributed by atoms with Crippen LogP contribution in [-0.2, 0) is 19.6 Å². The molecule has 1 aromatic carbocycles. The van der Waals surface area contributed by atoms with Gasteiger partial charge in [0.2, 0.25) is 0 Å². The number of halogens is 2. The second kappa shape index (κ2) is 6.26. The molecule has 0 saturated heterocycles. The molecule has 5 heteroatoms. The van der Waals surface area contributed by atoms with E-state index in [1.807, 2.05) is 6.07 Å². The van der Waals surface area contributed by atoms with Gasteiger partial charge in [0.05, 0.1) is 12.2 Å². The van der Waals surface area contributed by atoms with Crippen molar-refractivity contribution in [1.82, 2.24) is 15.1 Å². The third kappa shape index (κ3) is 3.37. The molecule has 18 heavy (non-hydrogen) atoms. The standard InChI is InChI=1S/C13H15F2N3/c14-6-8-18-13(5-7-17-18)10-16-9-11-1-3-12(15)4-2-11/h1-5,7,16H,6,8-10H2. The van der Waals surface area contributed by atoms with Gasteiger partial charge in [-0.2, -0.15) is 5.10 Å². The van der Waals surface area contributed by atoms with Crippen molar-refractivity contribution in [2.75, 3.05) is 6.67 Å². The highest BCUT2D eigenvalue weighted by Gasteiger charge is 2.01. The molecule has 96 valence electrons. The van der Waals surface area contributed by atoms with E-state index in [2.05, 4.69) is 10.4 Å². The van der Waals surface area contributed by atoms with Crippen molar-refractivity contribution < 1.29 is 8.78 Å². The lowest BCUT2D eigenvalue weighted by Gasteiger charge is -2.07. The quantitative estimate of drug-likeness (QED) is 0.853. The van der Waals surface area contributed by atoms with Crippen LogP contribution in [0.3, 0.4) is 0 Å². The molecule has 0 radical (unpaired) electrons. The topological polar surface area (TPSA) is 29.9 Å². The lowest BCUT2D eigenvalue weighted by molar-refractivity contribution is 0.417. The molecule has 0 aliphatic rings. The average molecular weight is 251 g/mol. The fourth-order valence-electron chi connectivity index (χ4n) is 1.73. The van der Waals surface area contributed by atoms with Gasteiger partial charge in [0, 0.05) is 19.3 Å². The number of hydrogen-bond acceptors (Lipinski definition) is 2. The third-order valence-electron chi connectivity index (χ3n) is 2.65. The Kier molecular flexibility index (Phi) is 4.41. The maximum atomic E-state index is 12.7. The van der Waals surface area contributed by atoms with Crippen molar-refractivity contribution in [2.45, 2.75) is 19.6 Å². The van der Waals surface area contributed by atoms with Gasteiger partial charge >= 0.3 is 0 Å². The van der Waals surface area contributed by atoms with E-state index in [1.165, 1.54) is 12.1 Å². The predicted molar refractivity (Wildman–Crippen MR) is 65.1 cm³/mol. The normalized spacial score (nSPS) is 10.8. The molecule has 0 saturated carbocycles. The lowest BCUT2D eigenvalue weighted by atomic mass is 10.2. The molecule has 2 aromatic rings. The Bertz CT molecular complexity index is 479. The van der Waals surface area contributed by atoms with E-state index < -0.39 is 6.67 Å². The minimum Gasteiger partial charge on any atom is -0.307 e. The van der Waals surface area contributed by atoms with E-state index in [4.69, 9.17) is 0 Å². The first-order valence-electron chi connectivity index (χ1n) is 5.81. The van der Waals surface area contributed by atoms with Gasteiger partial charge in [-0.3, -0.25) is 4.68 Å². The molecule has 0 atom stereocenters. The number of hydrogen-bond donors (Lipinski definition) is 1. The molecule has 0 aliphatic heterocycles. The zero-order valence-corrected chi connectivity index (χ0v) is 9.94. The van der Waals surface area contributed by atoms with Gasteiger partial charge < -0.3 is 5.32 Å². The molecule has 0 bridgehead atoms. The summed E-state index contributed by atoms with van der Waals surface area (Å²) in [6.07, 6.45) is 1.66. The Balaban J connectivity index is 1.84. The first-order chi connectivity index (χ1) is 8.79. The molecule has 0 spiro atoms. The highest BCUT2D eigenvalue weighted by atomic mass is 19.1. The van der Waals surface area contributed by atoms with Crippen LogP contribution >= 0.6 is 0 Å². The van der Waals surface area contributed by atoms with Crippen LogP contribution in [0.15, 0.2) is 36.5 Å². The maximum absolute atomic E-state index is 12.7. The summed E-state index contributed by atoms with van der Waals surface area (Å²) in [5.74, 6) is -0.236. The Labute approximate surface area is 104 Å². The summed E-state index contributed by atoms with van der Waals surface area (Å²) in [6.45, 7) is 1.10. The maximum Gasteiger partial charge on any atom is 0.123 e. The first kappa shape index (κ1) is 12.7. The zero-order valence-electron chi connectivity index (χ0n) is 9.94. The second-order valence-electron chi connectivity index (χ2n) is 3.96. The Morgan fingerprint density at radius 3 is 2.61 bits per heavy atom. The fourth-order valence-corrected chi connectivity index (χ4v) is 1.73. The SMILES string of the molecule is FCCn1nccc1CNCc1ccc(F)cc1. The summed E-state index contributed by atoms with van der Waals surface area (Å²) in [7, 11) is 0. The molecule has 1 heterocycles. The van der Waals surface area contributed by atoms with Crippen LogP contribution in [0.2, 0.25) is 0 Å². The van der Waals surface area contributed by atoms with Gasteiger partial charge in [0.25, 0.3) is 0 Å². The molecule has 0 amide bonds. The van der Waals surface area contributed by atoms with Crippen LogP contribution in [-0.4, -0.2) is 16.5 Å². The monoisotopic (exact) mass is 251 g/mol. The van der Waals surface area contributed by atoms with Crippen LogP contribution in [0.4, 0.5) is 8.78 Å². The predicted octanol–water partition coefficient (Wildman–Crippen LogP) is 2.28. The Morgan fingerprint density at radius 1 is 1.11 bits per heavy atom. The molecule has 3 nitrogen and oxygen atoms in total. The highest BCUT2D eigenvalue weighted by molar-refractivity contribution is 5.15. The number of rotatable bonds is 6. The van der Waals surface area contributed by atoms with Gasteiger partial charge in [-0.15, -0.1) is 0 Å². The van der Waals surface area contributed by atoms with Crippen LogP contribution in [0.25, 0.3) is 0 Å². The molecule has 0 aliphatic carbocycles. The number of aryl methyl sites for hydroxylation is 1. The van der Waals surface area contributed by atoms with Crippen LogP contribution < -0.4 is 5.32 Å². The molecule has 2 rings (SSSR count). The van der Waals surface area contributed by atoms with E-state index in [1.54, 1.807) is 23.0 Å². The van der Waals surface area contributed by atoms with Crippen molar-refractivity contribution in [3.8, 4) is 0 Å². The summed E-state index contributed by atoms with van der Waals surface area (Å²) in [5, 5.41) is 7.25. The summed E-state index contributed by atoms with van der Waals surface area (Å²) in [5.41, 5.74) is 1.95. The van der Waals surface area contributed by atoms with Gasteiger partial charge in [-0.25, -0.2) is 8.78 Å². The molecular weight excluding hydrogens is 236 g/mol. The lowest BCUT2D eigenvalue weighted by Crippen LogP contribution is -2.17. The largest absolute Gasteiger partial charge is 0.307 e. The van der Waals surface area contributed by atoms with Crippen LogP contribution in [0.1, 0.15) is 11.3 Å². The van der Waals surface area contributed by atoms with E-state index in [0.717, 1.165) is 11.3 Å². The van der Waals surface area contributed by atoms with Crippen molar-refractivity contribution in [3.05, 3.63) is 53.6 Å². The fraction of sp³-hybridized carbons (Fsp3) is 0.308. The Hall–Kier alpha value is -1.75. The third-order valence-corrected chi connectivity index (χ3v) is 2.65. The summed E-state index contributed by atoms with van der Waals surface area (Å²) in [4.78, 5) is 0. The van der Waals surface area contributed by atoms with Gasteiger partial charge in [-0.1, -0.05) is 12.1 Å². The minimum atomic E-state index is -0.424. The number of nitrogens with zero attached hydrogens (tertiary/aromatic N) is 2. The molecule has 1 aromatic heterocycles. The van der Waals surface area contributed by atoms with Gasteiger partial charge in [-0.05, 0) is 23.8 Å². The van der Waals surface area contributed by atoms with Crippen molar-refractivity contribution in [1.29, 1.82) is 0 Å². The van der Waals surface area contributed by atoms with E-state index in [0.29, 0.717) is 13.1 Å². The van der Waals surface area contributed by atoms with E-state index in [9.17, 15) is 8.78 Å².